The Morgan fingerprint density at radius 3 is 2.32 bits per heavy atom. The zero-order valence-electron chi connectivity index (χ0n) is 17.5. The first-order valence-corrected chi connectivity index (χ1v) is 9.75. The first-order valence-electron chi connectivity index (χ1n) is 9.75. The third kappa shape index (κ3) is 7.20. The normalized spacial score (nSPS) is 14.8. The van der Waals surface area contributed by atoms with Crippen molar-refractivity contribution in [2.45, 2.75) is 32.7 Å². The van der Waals surface area contributed by atoms with E-state index in [0.717, 1.165) is 31.2 Å². The molecule has 0 spiro atoms. The average molecular weight is 506 g/mol. The number of nitrogens with zero attached hydrogens (tertiary/aromatic N) is 2. The van der Waals surface area contributed by atoms with Gasteiger partial charge in [-0.1, -0.05) is 6.42 Å². The topological polar surface area (TPSA) is 67.4 Å². The van der Waals surface area contributed by atoms with Gasteiger partial charge >= 0.3 is 0 Å². The van der Waals surface area contributed by atoms with Crippen LogP contribution in [0, 0.1) is 0 Å². The van der Waals surface area contributed by atoms with Crippen LogP contribution in [0.3, 0.4) is 0 Å². The van der Waals surface area contributed by atoms with Crippen LogP contribution in [0.2, 0.25) is 0 Å². The molecule has 1 fully saturated rings. The van der Waals surface area contributed by atoms with Gasteiger partial charge in [0.25, 0.3) is 0 Å². The summed E-state index contributed by atoms with van der Waals surface area (Å²) < 4.78 is 16.3. The zero-order valence-corrected chi connectivity index (χ0v) is 19.9. The third-order valence-corrected chi connectivity index (χ3v) is 4.71. The predicted octanol–water partition coefficient (Wildman–Crippen LogP) is 2.87. The number of methoxy groups -OCH3 is 3. The molecule has 1 aromatic rings. The van der Waals surface area contributed by atoms with Crippen LogP contribution in [-0.2, 0) is 6.54 Å². The van der Waals surface area contributed by atoms with Crippen molar-refractivity contribution >= 4 is 29.9 Å². The largest absolute Gasteiger partial charge is 0.493 e. The van der Waals surface area contributed by atoms with E-state index in [0.29, 0.717) is 23.8 Å². The van der Waals surface area contributed by atoms with Crippen LogP contribution < -0.4 is 24.8 Å². The summed E-state index contributed by atoms with van der Waals surface area (Å²) in [5, 5.41) is 6.73. The lowest BCUT2D eigenvalue weighted by molar-refractivity contribution is 0.232. The molecule has 2 rings (SSSR count). The maximum absolute atomic E-state index is 5.54. The van der Waals surface area contributed by atoms with Crippen molar-refractivity contribution < 1.29 is 14.2 Å². The number of aliphatic imine (C=N–C) groups is 1. The number of piperidine rings is 1. The summed E-state index contributed by atoms with van der Waals surface area (Å²) in [6, 6.07) is 3.84. The highest BCUT2D eigenvalue weighted by Crippen LogP contribution is 2.39. The van der Waals surface area contributed by atoms with Crippen LogP contribution in [0.4, 0.5) is 0 Å². The summed E-state index contributed by atoms with van der Waals surface area (Å²) in [4.78, 5) is 7.22. The van der Waals surface area contributed by atoms with Gasteiger partial charge in [-0.2, -0.15) is 0 Å². The Balaban J connectivity index is 0.00000392. The minimum Gasteiger partial charge on any atom is -0.493 e. The van der Waals surface area contributed by atoms with Crippen molar-refractivity contribution in [1.29, 1.82) is 0 Å². The van der Waals surface area contributed by atoms with Crippen molar-refractivity contribution in [2.75, 3.05) is 54.1 Å². The first kappa shape index (κ1) is 24.6. The van der Waals surface area contributed by atoms with Crippen LogP contribution in [0.25, 0.3) is 0 Å². The molecule has 0 saturated carbocycles. The molecule has 0 unspecified atom stereocenters. The van der Waals surface area contributed by atoms with Crippen LogP contribution in [0.15, 0.2) is 17.1 Å². The van der Waals surface area contributed by atoms with Gasteiger partial charge in [0.1, 0.15) is 0 Å². The van der Waals surface area contributed by atoms with Gasteiger partial charge in [0.05, 0.1) is 27.9 Å². The summed E-state index contributed by atoms with van der Waals surface area (Å²) in [7, 11) is 4.86. The second-order valence-corrected chi connectivity index (χ2v) is 6.52. The first-order chi connectivity index (χ1) is 13.2. The lowest BCUT2D eigenvalue weighted by Crippen LogP contribution is -2.42. The summed E-state index contributed by atoms with van der Waals surface area (Å²) in [5.41, 5.74) is 0.948. The lowest BCUT2D eigenvalue weighted by Gasteiger charge is -2.26. The minimum atomic E-state index is 0. The summed E-state index contributed by atoms with van der Waals surface area (Å²) in [6.45, 7) is 7.72. The number of hydrogen-bond donors (Lipinski definition) is 2. The van der Waals surface area contributed by atoms with Gasteiger partial charge in [-0.25, -0.2) is 4.99 Å². The quantitative estimate of drug-likeness (QED) is 0.305. The molecule has 160 valence electrons. The lowest BCUT2D eigenvalue weighted by atomic mass is 10.1. The van der Waals surface area contributed by atoms with Crippen LogP contribution >= 0.6 is 24.0 Å². The molecule has 0 bridgehead atoms. The second-order valence-electron chi connectivity index (χ2n) is 6.52. The van der Waals surface area contributed by atoms with E-state index in [1.807, 2.05) is 12.1 Å². The monoisotopic (exact) mass is 506 g/mol. The fourth-order valence-electron chi connectivity index (χ4n) is 3.31. The number of rotatable bonds is 9. The summed E-state index contributed by atoms with van der Waals surface area (Å²) in [5.74, 6) is 2.71. The van der Waals surface area contributed by atoms with Crippen LogP contribution in [-0.4, -0.2) is 64.9 Å². The van der Waals surface area contributed by atoms with E-state index in [-0.39, 0.29) is 24.0 Å². The van der Waals surface area contributed by atoms with Crippen molar-refractivity contribution in [3.63, 3.8) is 0 Å². The average Bonchev–Trinajstić information content (AvgIpc) is 2.71. The number of hydrogen-bond acceptors (Lipinski definition) is 5. The Morgan fingerprint density at radius 2 is 1.71 bits per heavy atom. The van der Waals surface area contributed by atoms with Crippen LogP contribution in [0.5, 0.6) is 17.2 Å². The molecule has 0 atom stereocenters. The van der Waals surface area contributed by atoms with Crippen molar-refractivity contribution in [2.24, 2.45) is 4.99 Å². The van der Waals surface area contributed by atoms with Gasteiger partial charge in [0.15, 0.2) is 17.5 Å². The van der Waals surface area contributed by atoms with Gasteiger partial charge in [0.2, 0.25) is 5.75 Å². The fraction of sp³-hybridized carbons (Fsp3) is 0.650. The molecule has 0 aromatic heterocycles. The Kier molecular flexibility index (Phi) is 12.1. The molecule has 1 aromatic carbocycles. The number of halogens is 1. The Hall–Kier alpha value is -1.42. The highest BCUT2D eigenvalue weighted by atomic mass is 127. The van der Waals surface area contributed by atoms with E-state index in [4.69, 9.17) is 19.2 Å². The molecular weight excluding hydrogens is 471 g/mol. The van der Waals surface area contributed by atoms with E-state index >= 15 is 0 Å². The van der Waals surface area contributed by atoms with Gasteiger partial charge in [0, 0.05) is 25.2 Å². The molecule has 0 radical (unpaired) electrons. The Bertz CT molecular complexity index is 607. The SMILES string of the molecule is CCNC(=NCc1ccc(OC)c(OC)c1OC)NCCN1CCCCC1.I. The molecule has 1 aliphatic heterocycles. The summed E-state index contributed by atoms with van der Waals surface area (Å²) in [6.07, 6.45) is 3.99. The molecule has 1 heterocycles. The Morgan fingerprint density at radius 1 is 1.00 bits per heavy atom. The van der Waals surface area contributed by atoms with E-state index in [2.05, 4.69) is 22.5 Å². The van der Waals surface area contributed by atoms with E-state index in [1.165, 1.54) is 32.4 Å². The third-order valence-electron chi connectivity index (χ3n) is 4.71. The minimum absolute atomic E-state index is 0. The Labute approximate surface area is 186 Å². The molecule has 28 heavy (non-hydrogen) atoms. The molecule has 2 N–H and O–H groups in total. The van der Waals surface area contributed by atoms with E-state index < -0.39 is 0 Å². The molecule has 0 amide bonds. The van der Waals surface area contributed by atoms with Crippen molar-refractivity contribution in [1.82, 2.24) is 15.5 Å². The van der Waals surface area contributed by atoms with E-state index in [1.54, 1.807) is 21.3 Å². The van der Waals surface area contributed by atoms with Gasteiger partial charge in [-0.05, 0) is 45.0 Å². The number of ether oxygens (including phenoxy) is 3. The molecule has 0 aliphatic carbocycles. The maximum Gasteiger partial charge on any atom is 0.203 e. The fourth-order valence-corrected chi connectivity index (χ4v) is 3.31. The van der Waals surface area contributed by atoms with Gasteiger partial charge in [-0.3, -0.25) is 0 Å². The standard InChI is InChI=1S/C20H34N4O3.HI/c1-5-21-20(22-11-14-24-12-7-6-8-13-24)23-15-16-9-10-17(25-2)19(27-4)18(16)26-3;/h9-10H,5-8,11-15H2,1-4H3,(H2,21,22,23);1H. The highest BCUT2D eigenvalue weighted by Gasteiger charge is 2.15. The van der Waals surface area contributed by atoms with Crippen molar-refractivity contribution in [3.8, 4) is 17.2 Å². The van der Waals surface area contributed by atoms with Gasteiger partial charge in [-0.15, -0.1) is 24.0 Å². The number of nitrogens with one attached hydrogen (secondary N) is 2. The molecule has 7 nitrogen and oxygen atoms in total. The van der Waals surface area contributed by atoms with Crippen LogP contribution in [0.1, 0.15) is 31.7 Å². The molecular formula is C20H35IN4O3. The van der Waals surface area contributed by atoms with E-state index in [9.17, 15) is 0 Å². The number of guanidine groups is 1. The number of likely N-dealkylation sites (tertiary alicyclic amines) is 1. The number of benzene rings is 1. The predicted molar refractivity (Wildman–Crippen MR) is 125 cm³/mol. The smallest absolute Gasteiger partial charge is 0.203 e. The molecule has 1 saturated heterocycles. The molecule has 8 heteroatoms. The van der Waals surface area contributed by atoms with Gasteiger partial charge < -0.3 is 29.7 Å². The highest BCUT2D eigenvalue weighted by molar-refractivity contribution is 14.0. The molecule has 1 aliphatic rings. The maximum atomic E-state index is 5.54. The zero-order chi connectivity index (χ0) is 19.5. The van der Waals surface area contributed by atoms with Crippen molar-refractivity contribution in [3.05, 3.63) is 17.7 Å². The summed E-state index contributed by atoms with van der Waals surface area (Å²) >= 11 is 0. The second kappa shape index (κ2) is 13.7.